The summed E-state index contributed by atoms with van der Waals surface area (Å²) < 4.78 is 4.95. The van der Waals surface area contributed by atoms with Gasteiger partial charge in [0.1, 0.15) is 6.04 Å². The topological polar surface area (TPSA) is 58.6 Å². The van der Waals surface area contributed by atoms with E-state index in [4.69, 9.17) is 4.74 Å². The molecule has 1 aliphatic rings. The summed E-state index contributed by atoms with van der Waals surface area (Å²) in [4.78, 5) is 24.8. The first kappa shape index (κ1) is 13.0. The summed E-state index contributed by atoms with van der Waals surface area (Å²) in [6.45, 7) is 3.69. The second kappa shape index (κ2) is 6.48. The van der Waals surface area contributed by atoms with Crippen LogP contribution in [0.2, 0.25) is 0 Å². The van der Waals surface area contributed by atoms with Crippen LogP contribution in [0.5, 0.6) is 0 Å². The van der Waals surface area contributed by atoms with Crippen molar-refractivity contribution in [2.45, 2.75) is 32.2 Å². The summed E-state index contributed by atoms with van der Waals surface area (Å²) in [5, 5.41) is 2.67. The highest BCUT2D eigenvalue weighted by atomic mass is 16.5. The third kappa shape index (κ3) is 3.81. The Hall–Kier alpha value is -1.10. The van der Waals surface area contributed by atoms with Gasteiger partial charge in [-0.3, -0.25) is 9.59 Å². The Labute approximate surface area is 96.1 Å². The predicted octanol–water partition coefficient (Wildman–Crippen LogP) is 0.150. The number of rotatable bonds is 5. The number of ether oxygens (including phenoxy) is 1. The second-order valence-corrected chi connectivity index (χ2v) is 4.06. The normalized spacial score (nSPS) is 21.9. The van der Waals surface area contributed by atoms with Gasteiger partial charge < -0.3 is 15.0 Å². The van der Waals surface area contributed by atoms with Gasteiger partial charge in [0.25, 0.3) is 0 Å². The van der Waals surface area contributed by atoms with E-state index >= 15 is 0 Å². The van der Waals surface area contributed by atoms with Crippen molar-refractivity contribution < 1.29 is 14.3 Å². The Morgan fingerprint density at radius 2 is 2.19 bits per heavy atom. The van der Waals surface area contributed by atoms with Crippen LogP contribution in [0.25, 0.3) is 0 Å². The standard InChI is InChI=1S/C11H20N2O3/c1-9-11(15)13(6-3-4-8-16-2)7-5-10(14)12-9/h9H,3-8H2,1-2H3,(H,12,14). The Morgan fingerprint density at radius 1 is 1.44 bits per heavy atom. The number of carbonyl (C=O) groups excluding carboxylic acids is 2. The molecule has 1 unspecified atom stereocenters. The van der Waals surface area contributed by atoms with Gasteiger partial charge in [-0.15, -0.1) is 0 Å². The first-order valence-electron chi connectivity index (χ1n) is 5.72. The van der Waals surface area contributed by atoms with Crippen LogP contribution in [0, 0.1) is 0 Å². The number of amides is 2. The SMILES string of the molecule is COCCCCN1CCC(=O)NC(C)C1=O. The van der Waals surface area contributed by atoms with Crippen LogP contribution in [0.15, 0.2) is 0 Å². The molecule has 0 bridgehead atoms. The number of unbranched alkanes of at least 4 members (excludes halogenated alkanes) is 1. The Morgan fingerprint density at radius 3 is 2.88 bits per heavy atom. The Balaban J connectivity index is 2.38. The fourth-order valence-electron chi connectivity index (χ4n) is 1.77. The molecule has 5 heteroatoms. The number of nitrogens with zero attached hydrogens (tertiary/aromatic N) is 1. The summed E-state index contributed by atoms with van der Waals surface area (Å²) >= 11 is 0. The third-order valence-electron chi connectivity index (χ3n) is 2.69. The molecule has 0 spiro atoms. The van der Waals surface area contributed by atoms with Gasteiger partial charge in [0.05, 0.1) is 0 Å². The average molecular weight is 228 g/mol. The van der Waals surface area contributed by atoms with Crippen molar-refractivity contribution >= 4 is 11.8 Å². The van der Waals surface area contributed by atoms with Gasteiger partial charge in [0.2, 0.25) is 11.8 Å². The van der Waals surface area contributed by atoms with Gasteiger partial charge in [-0.1, -0.05) is 0 Å². The summed E-state index contributed by atoms with van der Waals surface area (Å²) in [6, 6.07) is -0.391. The lowest BCUT2D eigenvalue weighted by Crippen LogP contribution is -2.42. The molecule has 1 fully saturated rings. The van der Waals surface area contributed by atoms with Crippen molar-refractivity contribution in [2.75, 3.05) is 26.8 Å². The quantitative estimate of drug-likeness (QED) is 0.681. The molecular weight excluding hydrogens is 208 g/mol. The molecule has 2 amide bonds. The van der Waals surface area contributed by atoms with Gasteiger partial charge >= 0.3 is 0 Å². The van der Waals surface area contributed by atoms with E-state index in [2.05, 4.69) is 5.32 Å². The molecule has 16 heavy (non-hydrogen) atoms. The average Bonchev–Trinajstić information content (AvgIpc) is 2.37. The zero-order valence-corrected chi connectivity index (χ0v) is 9.99. The van der Waals surface area contributed by atoms with Crippen LogP contribution in [-0.4, -0.2) is 49.6 Å². The lowest BCUT2D eigenvalue weighted by Gasteiger charge is -2.22. The zero-order valence-electron chi connectivity index (χ0n) is 9.99. The van der Waals surface area contributed by atoms with Gasteiger partial charge in [-0.25, -0.2) is 0 Å². The molecule has 92 valence electrons. The molecule has 1 rings (SSSR count). The lowest BCUT2D eigenvalue weighted by atomic mass is 10.2. The molecule has 1 N–H and O–H groups in total. The van der Waals surface area contributed by atoms with E-state index in [1.807, 2.05) is 0 Å². The fraction of sp³-hybridized carbons (Fsp3) is 0.818. The molecule has 1 atom stereocenters. The molecule has 0 aromatic rings. The second-order valence-electron chi connectivity index (χ2n) is 4.06. The monoisotopic (exact) mass is 228 g/mol. The maximum absolute atomic E-state index is 11.8. The van der Waals surface area contributed by atoms with E-state index in [1.54, 1.807) is 18.9 Å². The fourth-order valence-corrected chi connectivity index (χ4v) is 1.77. The molecule has 5 nitrogen and oxygen atoms in total. The van der Waals surface area contributed by atoms with E-state index in [-0.39, 0.29) is 11.8 Å². The van der Waals surface area contributed by atoms with Crippen LogP contribution in [0.1, 0.15) is 26.2 Å². The zero-order chi connectivity index (χ0) is 12.0. The molecule has 0 aliphatic carbocycles. The van der Waals surface area contributed by atoms with Crippen LogP contribution in [0.4, 0.5) is 0 Å². The van der Waals surface area contributed by atoms with E-state index in [0.29, 0.717) is 19.5 Å². The lowest BCUT2D eigenvalue weighted by molar-refractivity contribution is -0.133. The minimum atomic E-state index is -0.391. The molecule has 1 aliphatic heterocycles. The highest BCUT2D eigenvalue weighted by Gasteiger charge is 2.25. The van der Waals surface area contributed by atoms with Crippen molar-refractivity contribution in [1.82, 2.24) is 10.2 Å². The van der Waals surface area contributed by atoms with Gasteiger partial charge in [0.15, 0.2) is 0 Å². The van der Waals surface area contributed by atoms with Gasteiger partial charge in [0, 0.05) is 33.2 Å². The maximum atomic E-state index is 11.8. The van der Waals surface area contributed by atoms with Crippen molar-refractivity contribution in [1.29, 1.82) is 0 Å². The van der Waals surface area contributed by atoms with E-state index < -0.39 is 6.04 Å². The van der Waals surface area contributed by atoms with Gasteiger partial charge in [-0.05, 0) is 19.8 Å². The van der Waals surface area contributed by atoms with E-state index in [0.717, 1.165) is 19.4 Å². The smallest absolute Gasteiger partial charge is 0.244 e. The number of carbonyl (C=O) groups is 2. The minimum Gasteiger partial charge on any atom is -0.385 e. The number of nitrogens with one attached hydrogen (secondary N) is 1. The first-order valence-corrected chi connectivity index (χ1v) is 5.72. The summed E-state index contributed by atoms with van der Waals surface area (Å²) in [5.74, 6) is -0.0245. The minimum absolute atomic E-state index is 0.0169. The highest BCUT2D eigenvalue weighted by Crippen LogP contribution is 2.05. The van der Waals surface area contributed by atoms with Crippen LogP contribution in [-0.2, 0) is 14.3 Å². The molecule has 1 heterocycles. The maximum Gasteiger partial charge on any atom is 0.244 e. The Kier molecular flexibility index (Phi) is 5.25. The molecule has 0 saturated carbocycles. The molecular formula is C11H20N2O3. The summed E-state index contributed by atoms with van der Waals surface area (Å²) in [6.07, 6.45) is 2.26. The number of hydrogen-bond acceptors (Lipinski definition) is 3. The van der Waals surface area contributed by atoms with Crippen LogP contribution < -0.4 is 5.32 Å². The molecule has 1 saturated heterocycles. The van der Waals surface area contributed by atoms with Crippen molar-refractivity contribution in [3.05, 3.63) is 0 Å². The van der Waals surface area contributed by atoms with Crippen molar-refractivity contribution in [3.63, 3.8) is 0 Å². The number of methoxy groups -OCH3 is 1. The molecule has 0 aromatic heterocycles. The number of hydrogen-bond donors (Lipinski definition) is 1. The summed E-state index contributed by atoms with van der Waals surface area (Å²) in [5.41, 5.74) is 0. The van der Waals surface area contributed by atoms with Crippen molar-refractivity contribution in [3.8, 4) is 0 Å². The van der Waals surface area contributed by atoms with E-state index in [1.165, 1.54) is 0 Å². The summed E-state index contributed by atoms with van der Waals surface area (Å²) in [7, 11) is 1.67. The van der Waals surface area contributed by atoms with Crippen molar-refractivity contribution in [2.24, 2.45) is 0 Å². The largest absolute Gasteiger partial charge is 0.385 e. The van der Waals surface area contributed by atoms with Gasteiger partial charge in [-0.2, -0.15) is 0 Å². The highest BCUT2D eigenvalue weighted by molar-refractivity contribution is 5.89. The predicted molar refractivity (Wildman–Crippen MR) is 59.9 cm³/mol. The van der Waals surface area contributed by atoms with Crippen LogP contribution in [0.3, 0.4) is 0 Å². The molecule has 0 radical (unpaired) electrons. The Bertz CT molecular complexity index is 256. The van der Waals surface area contributed by atoms with E-state index in [9.17, 15) is 9.59 Å². The molecule has 0 aromatic carbocycles. The third-order valence-corrected chi connectivity index (χ3v) is 2.69. The first-order chi connectivity index (χ1) is 7.65. The van der Waals surface area contributed by atoms with Crippen LogP contribution >= 0.6 is 0 Å².